The van der Waals surface area contributed by atoms with Crippen LogP contribution in [0.1, 0.15) is 149 Å². The van der Waals surface area contributed by atoms with Crippen molar-refractivity contribution in [3.05, 3.63) is 24.3 Å². The maximum Gasteiger partial charge on any atom is 0.306 e. The van der Waals surface area contributed by atoms with E-state index in [1.807, 2.05) is 21.1 Å². The van der Waals surface area contributed by atoms with Crippen molar-refractivity contribution < 1.29 is 42.9 Å². The highest BCUT2D eigenvalue weighted by atomic mass is 16.7. The summed E-state index contributed by atoms with van der Waals surface area (Å²) in [5.41, 5.74) is 0. The Morgan fingerprint density at radius 2 is 1.12 bits per heavy atom. The van der Waals surface area contributed by atoms with E-state index in [9.17, 15) is 19.5 Å². The molecule has 0 heterocycles. The summed E-state index contributed by atoms with van der Waals surface area (Å²) in [5.74, 6) is -2.31. The fraction of sp³-hybridized carbons (Fsp3) is 0.821. The number of rotatable bonds is 34. The number of nitrogens with zero attached hydrogens (tertiary/aromatic N) is 1. The second-order valence-corrected chi connectivity index (χ2v) is 13.9. The minimum Gasteiger partial charge on any atom is -0.545 e. The number of unbranched alkanes of at least 4 members (excludes halogenated alkanes) is 15. The van der Waals surface area contributed by atoms with Gasteiger partial charge in [-0.15, -0.1) is 0 Å². The maximum atomic E-state index is 12.6. The molecule has 0 bridgehead atoms. The lowest BCUT2D eigenvalue weighted by atomic mass is 10.1. The zero-order valence-corrected chi connectivity index (χ0v) is 31.4. The van der Waals surface area contributed by atoms with Crippen LogP contribution >= 0.6 is 0 Å². The molecule has 0 aliphatic rings. The van der Waals surface area contributed by atoms with Crippen LogP contribution in [0, 0.1) is 0 Å². The Kier molecular flexibility index (Phi) is 30.5. The number of aliphatic carboxylic acids is 1. The van der Waals surface area contributed by atoms with E-state index < -0.39 is 24.3 Å². The molecule has 0 saturated carbocycles. The molecule has 0 saturated heterocycles. The van der Waals surface area contributed by atoms with Gasteiger partial charge in [0.25, 0.3) is 0 Å². The Morgan fingerprint density at radius 3 is 1.69 bits per heavy atom. The van der Waals surface area contributed by atoms with E-state index in [1.165, 1.54) is 57.8 Å². The molecule has 0 aromatic rings. The van der Waals surface area contributed by atoms with Gasteiger partial charge in [0.2, 0.25) is 0 Å². The number of likely N-dealkylation sites (N-methyl/N-ethyl adjacent to an activating group) is 1. The Bertz CT molecular complexity index is 851. The van der Waals surface area contributed by atoms with Gasteiger partial charge in [0.1, 0.15) is 13.2 Å². The number of quaternary nitrogens is 1. The third-order valence-electron chi connectivity index (χ3n) is 7.95. The van der Waals surface area contributed by atoms with Gasteiger partial charge in [0.05, 0.1) is 40.3 Å². The Morgan fingerprint density at radius 1 is 0.625 bits per heavy atom. The van der Waals surface area contributed by atoms with Crippen LogP contribution in [0.2, 0.25) is 0 Å². The van der Waals surface area contributed by atoms with Gasteiger partial charge in [-0.25, -0.2) is 0 Å². The van der Waals surface area contributed by atoms with Crippen LogP contribution < -0.4 is 5.11 Å². The first kappa shape index (κ1) is 45.8. The van der Waals surface area contributed by atoms with Crippen molar-refractivity contribution in [3.63, 3.8) is 0 Å². The van der Waals surface area contributed by atoms with Crippen LogP contribution in [0.25, 0.3) is 0 Å². The van der Waals surface area contributed by atoms with Crippen LogP contribution in [-0.2, 0) is 33.3 Å². The van der Waals surface area contributed by atoms with Crippen LogP contribution in [0.15, 0.2) is 24.3 Å². The van der Waals surface area contributed by atoms with Gasteiger partial charge in [0, 0.05) is 12.8 Å². The first-order chi connectivity index (χ1) is 23.1. The zero-order chi connectivity index (χ0) is 35.7. The van der Waals surface area contributed by atoms with Crippen molar-refractivity contribution >= 4 is 17.9 Å². The molecule has 0 N–H and O–H groups in total. The molecule has 0 rings (SSSR count). The maximum absolute atomic E-state index is 12.6. The van der Waals surface area contributed by atoms with E-state index in [4.69, 9.17) is 18.9 Å². The van der Waals surface area contributed by atoms with Crippen molar-refractivity contribution in [3.8, 4) is 0 Å². The molecule has 280 valence electrons. The summed E-state index contributed by atoms with van der Waals surface area (Å²) in [5, 5.41) is 11.6. The van der Waals surface area contributed by atoms with Crippen molar-refractivity contribution in [2.24, 2.45) is 0 Å². The van der Waals surface area contributed by atoms with Crippen molar-refractivity contribution in [2.75, 3.05) is 47.5 Å². The smallest absolute Gasteiger partial charge is 0.306 e. The van der Waals surface area contributed by atoms with E-state index in [2.05, 4.69) is 38.2 Å². The molecule has 48 heavy (non-hydrogen) atoms. The summed E-state index contributed by atoms with van der Waals surface area (Å²) in [6.45, 7) is 4.64. The molecule has 0 aromatic carbocycles. The van der Waals surface area contributed by atoms with Crippen molar-refractivity contribution in [2.45, 2.75) is 161 Å². The number of hydrogen-bond acceptors (Lipinski definition) is 8. The van der Waals surface area contributed by atoms with E-state index in [0.717, 1.165) is 57.8 Å². The molecule has 0 radical (unpaired) electrons. The highest BCUT2D eigenvalue weighted by Gasteiger charge is 2.21. The summed E-state index contributed by atoms with van der Waals surface area (Å²) in [7, 11) is 5.89. The zero-order valence-electron chi connectivity index (χ0n) is 31.4. The van der Waals surface area contributed by atoms with Gasteiger partial charge in [-0.3, -0.25) is 9.59 Å². The highest BCUT2D eigenvalue weighted by molar-refractivity contribution is 5.70. The molecule has 9 heteroatoms. The van der Waals surface area contributed by atoms with E-state index in [-0.39, 0.29) is 38.6 Å². The van der Waals surface area contributed by atoms with Gasteiger partial charge in [-0.05, 0) is 44.9 Å². The van der Waals surface area contributed by atoms with Crippen molar-refractivity contribution in [1.29, 1.82) is 0 Å². The number of carbonyl (C=O) groups is 3. The van der Waals surface area contributed by atoms with Crippen LogP contribution in [0.3, 0.4) is 0 Å². The van der Waals surface area contributed by atoms with Gasteiger partial charge in [-0.2, -0.15) is 0 Å². The average Bonchev–Trinajstić information content (AvgIpc) is 3.03. The van der Waals surface area contributed by atoms with E-state index in [0.29, 0.717) is 17.4 Å². The molecule has 2 atom stereocenters. The van der Waals surface area contributed by atoms with Crippen LogP contribution in [0.4, 0.5) is 0 Å². The monoisotopic (exact) mass is 682 g/mol. The summed E-state index contributed by atoms with van der Waals surface area (Å²) in [4.78, 5) is 36.6. The summed E-state index contributed by atoms with van der Waals surface area (Å²) in [6, 6.07) is 0. The molecule has 2 unspecified atom stereocenters. The molecule has 0 aliphatic carbocycles. The first-order valence-electron chi connectivity index (χ1n) is 19.0. The number of allylic oxidation sites excluding steroid dienone is 4. The largest absolute Gasteiger partial charge is 0.545 e. The SMILES string of the molecule is CCCCC/C=C\C/C=C\CCCCCCCC(=O)OC(COC(=O)CCCCCCCCCC)COC(OCC[N+](C)(C)C)C(=O)[O-]. The normalized spacial score (nSPS) is 13.3. The number of hydrogen-bond donors (Lipinski definition) is 0. The predicted molar refractivity (Wildman–Crippen MR) is 191 cm³/mol. The number of carboxylic acid groups (broad SMARTS) is 1. The van der Waals surface area contributed by atoms with E-state index >= 15 is 0 Å². The quantitative estimate of drug-likeness (QED) is 0.0225. The van der Waals surface area contributed by atoms with Gasteiger partial charge < -0.3 is 33.3 Å². The molecule has 0 amide bonds. The summed E-state index contributed by atoms with van der Waals surface area (Å²) < 4.78 is 22.4. The third kappa shape index (κ3) is 32.3. The lowest BCUT2D eigenvalue weighted by Gasteiger charge is -2.26. The second kappa shape index (κ2) is 32.0. The Hall–Kier alpha value is -2.23. The summed E-state index contributed by atoms with van der Waals surface area (Å²) in [6.07, 6.45) is 27.9. The van der Waals surface area contributed by atoms with Gasteiger partial charge >= 0.3 is 11.9 Å². The lowest BCUT2D eigenvalue weighted by Crippen LogP contribution is -2.44. The van der Waals surface area contributed by atoms with Crippen LogP contribution in [0.5, 0.6) is 0 Å². The number of carboxylic acids is 1. The molecule has 0 aliphatic heterocycles. The molecule has 9 nitrogen and oxygen atoms in total. The fourth-order valence-corrected chi connectivity index (χ4v) is 4.92. The summed E-state index contributed by atoms with van der Waals surface area (Å²) >= 11 is 0. The topological polar surface area (TPSA) is 111 Å². The Balaban J connectivity index is 4.54. The standard InChI is InChI=1S/C39H71NO8/c1-6-8-10-12-14-16-17-18-19-20-21-22-24-26-28-30-37(42)48-35(34-47-39(38(43)44)45-32-31-40(3,4)5)33-46-36(41)29-27-25-23-15-13-11-9-7-2/h14,16,18-19,35,39H,6-13,15,17,20-34H2,1-5H3/b16-14-,19-18-. The average molecular weight is 682 g/mol. The first-order valence-corrected chi connectivity index (χ1v) is 19.0. The number of ether oxygens (including phenoxy) is 4. The molecule has 0 spiro atoms. The third-order valence-corrected chi connectivity index (χ3v) is 7.95. The van der Waals surface area contributed by atoms with Crippen LogP contribution in [-0.4, -0.2) is 82.3 Å². The second-order valence-electron chi connectivity index (χ2n) is 13.9. The van der Waals surface area contributed by atoms with Crippen molar-refractivity contribution in [1.82, 2.24) is 0 Å². The minimum absolute atomic E-state index is 0.146. The number of esters is 2. The predicted octanol–water partition coefficient (Wildman–Crippen LogP) is 7.60. The molecular formula is C39H71NO8. The fourth-order valence-electron chi connectivity index (χ4n) is 4.92. The molecule has 0 aromatic heterocycles. The highest BCUT2D eigenvalue weighted by Crippen LogP contribution is 2.12. The lowest BCUT2D eigenvalue weighted by molar-refractivity contribution is -0.870. The molecule has 0 fully saturated rings. The minimum atomic E-state index is -1.62. The van der Waals surface area contributed by atoms with E-state index in [1.54, 1.807) is 0 Å². The molecular weight excluding hydrogens is 610 g/mol. The van der Waals surface area contributed by atoms with Gasteiger partial charge in [-0.1, -0.05) is 115 Å². The Labute approximate surface area is 293 Å². The van der Waals surface area contributed by atoms with Gasteiger partial charge in [0.15, 0.2) is 12.4 Å². The number of carbonyl (C=O) groups excluding carboxylic acids is 3.